The van der Waals surface area contributed by atoms with Gasteiger partial charge in [-0.3, -0.25) is 14.6 Å². The zero-order chi connectivity index (χ0) is 14.0. The molecular weight excluding hydrogens is 244 g/mol. The van der Waals surface area contributed by atoms with Crippen LogP contribution in [0.15, 0.2) is 18.5 Å². The Morgan fingerprint density at radius 2 is 2.26 bits per heavy atom. The molecular formula is C13H18N4O2. The van der Waals surface area contributed by atoms with Gasteiger partial charge >= 0.3 is 0 Å². The van der Waals surface area contributed by atoms with Crippen LogP contribution >= 0.6 is 0 Å². The maximum Gasteiger partial charge on any atom is 0.258 e. The van der Waals surface area contributed by atoms with E-state index in [0.29, 0.717) is 24.3 Å². The van der Waals surface area contributed by atoms with E-state index in [0.717, 1.165) is 0 Å². The molecule has 2 rings (SSSR count). The van der Waals surface area contributed by atoms with E-state index in [9.17, 15) is 9.59 Å². The molecule has 0 aromatic carbocycles. The Hall–Kier alpha value is -2.11. The first-order valence-corrected chi connectivity index (χ1v) is 6.20. The zero-order valence-corrected chi connectivity index (χ0v) is 11.4. The number of rotatable bonds is 2. The Balaban J connectivity index is 2.35. The van der Waals surface area contributed by atoms with Crippen molar-refractivity contribution >= 4 is 17.5 Å². The minimum Gasteiger partial charge on any atom is -0.387 e. The van der Waals surface area contributed by atoms with E-state index >= 15 is 0 Å². The second-order valence-corrected chi connectivity index (χ2v) is 4.94. The molecule has 0 spiro atoms. The molecule has 2 N–H and O–H groups in total. The molecule has 1 aromatic rings. The van der Waals surface area contributed by atoms with Gasteiger partial charge in [-0.2, -0.15) is 0 Å². The standard InChI is InChI=1S/C13H18N4O2/c1-13(2)12(19)16-6-7-17(13)11(18)9-8-15-5-4-10(9)14-3/h4-5,8H,6-7H2,1-3H3,(H,14,15)(H,16,19). The zero-order valence-electron chi connectivity index (χ0n) is 11.4. The molecule has 1 fully saturated rings. The van der Waals surface area contributed by atoms with E-state index in [4.69, 9.17) is 0 Å². The summed E-state index contributed by atoms with van der Waals surface area (Å²) < 4.78 is 0. The van der Waals surface area contributed by atoms with Crippen LogP contribution in [0.1, 0.15) is 24.2 Å². The van der Waals surface area contributed by atoms with Gasteiger partial charge in [0.15, 0.2) is 0 Å². The number of nitrogens with one attached hydrogen (secondary N) is 2. The minimum atomic E-state index is -0.851. The maximum absolute atomic E-state index is 12.6. The smallest absolute Gasteiger partial charge is 0.258 e. The first-order valence-electron chi connectivity index (χ1n) is 6.20. The Bertz CT molecular complexity index is 513. The molecule has 0 atom stereocenters. The molecule has 1 saturated heterocycles. The van der Waals surface area contributed by atoms with Gasteiger partial charge in [0, 0.05) is 38.2 Å². The molecule has 0 aliphatic carbocycles. The first kappa shape index (κ1) is 13.3. The van der Waals surface area contributed by atoms with Gasteiger partial charge in [-0.15, -0.1) is 0 Å². The van der Waals surface area contributed by atoms with E-state index < -0.39 is 5.54 Å². The Morgan fingerprint density at radius 3 is 2.95 bits per heavy atom. The quantitative estimate of drug-likeness (QED) is 0.812. The number of nitrogens with zero attached hydrogens (tertiary/aromatic N) is 2. The van der Waals surface area contributed by atoms with Gasteiger partial charge < -0.3 is 15.5 Å². The summed E-state index contributed by atoms with van der Waals surface area (Å²) in [7, 11) is 1.75. The maximum atomic E-state index is 12.6. The van der Waals surface area contributed by atoms with Crippen molar-refractivity contribution in [1.82, 2.24) is 15.2 Å². The van der Waals surface area contributed by atoms with E-state index in [1.54, 1.807) is 38.1 Å². The van der Waals surface area contributed by atoms with Crippen LogP contribution in [-0.4, -0.2) is 47.4 Å². The van der Waals surface area contributed by atoms with Crippen molar-refractivity contribution in [1.29, 1.82) is 0 Å². The highest BCUT2D eigenvalue weighted by Gasteiger charge is 2.41. The van der Waals surface area contributed by atoms with E-state index in [-0.39, 0.29) is 11.8 Å². The van der Waals surface area contributed by atoms with Crippen LogP contribution in [0.3, 0.4) is 0 Å². The normalized spacial score (nSPS) is 17.8. The number of pyridine rings is 1. The molecule has 19 heavy (non-hydrogen) atoms. The molecule has 0 radical (unpaired) electrons. The van der Waals surface area contributed by atoms with Gasteiger partial charge in [-0.1, -0.05) is 0 Å². The number of hydrogen-bond acceptors (Lipinski definition) is 4. The summed E-state index contributed by atoms with van der Waals surface area (Å²) in [6.45, 7) is 4.46. The highest BCUT2D eigenvalue weighted by molar-refractivity contribution is 6.03. The number of carbonyl (C=O) groups excluding carboxylic acids is 2. The van der Waals surface area contributed by atoms with Crippen LogP contribution in [0.4, 0.5) is 5.69 Å². The predicted octanol–water partition coefficient (Wildman–Crippen LogP) is 0.474. The van der Waals surface area contributed by atoms with Crippen LogP contribution in [0.5, 0.6) is 0 Å². The Labute approximate surface area is 112 Å². The van der Waals surface area contributed by atoms with Crippen LogP contribution in [-0.2, 0) is 4.79 Å². The highest BCUT2D eigenvalue weighted by atomic mass is 16.2. The van der Waals surface area contributed by atoms with E-state index in [1.807, 2.05) is 0 Å². The summed E-state index contributed by atoms with van der Waals surface area (Å²) in [5.74, 6) is -0.320. The van der Waals surface area contributed by atoms with Crippen molar-refractivity contribution in [3.8, 4) is 0 Å². The summed E-state index contributed by atoms with van der Waals surface area (Å²) in [6.07, 6.45) is 3.15. The lowest BCUT2D eigenvalue weighted by molar-refractivity contribution is -0.133. The fourth-order valence-corrected chi connectivity index (χ4v) is 2.18. The van der Waals surface area contributed by atoms with Gasteiger partial charge in [0.1, 0.15) is 5.54 Å². The molecule has 102 valence electrons. The summed E-state index contributed by atoms with van der Waals surface area (Å²) in [4.78, 5) is 30.1. The van der Waals surface area contributed by atoms with Crippen molar-refractivity contribution in [2.24, 2.45) is 0 Å². The predicted molar refractivity (Wildman–Crippen MR) is 71.9 cm³/mol. The van der Waals surface area contributed by atoms with Crippen molar-refractivity contribution in [2.75, 3.05) is 25.5 Å². The number of aromatic nitrogens is 1. The Kier molecular flexibility index (Phi) is 3.42. The molecule has 1 aromatic heterocycles. The molecule has 1 aliphatic rings. The minimum absolute atomic E-state index is 0.137. The number of hydrogen-bond donors (Lipinski definition) is 2. The lowest BCUT2D eigenvalue weighted by Gasteiger charge is -2.41. The lowest BCUT2D eigenvalue weighted by Crippen LogP contribution is -2.63. The van der Waals surface area contributed by atoms with Gasteiger partial charge in [0.2, 0.25) is 5.91 Å². The lowest BCUT2D eigenvalue weighted by atomic mass is 9.97. The van der Waals surface area contributed by atoms with Crippen LogP contribution < -0.4 is 10.6 Å². The number of anilines is 1. The van der Waals surface area contributed by atoms with E-state index in [2.05, 4.69) is 15.6 Å². The fraction of sp³-hybridized carbons (Fsp3) is 0.462. The number of carbonyl (C=O) groups is 2. The summed E-state index contributed by atoms with van der Waals surface area (Å²) >= 11 is 0. The van der Waals surface area contributed by atoms with Crippen molar-refractivity contribution in [2.45, 2.75) is 19.4 Å². The van der Waals surface area contributed by atoms with Crippen molar-refractivity contribution in [3.05, 3.63) is 24.0 Å². The molecule has 1 aliphatic heterocycles. The molecule has 2 heterocycles. The van der Waals surface area contributed by atoms with Gasteiger partial charge in [-0.25, -0.2) is 0 Å². The third-order valence-electron chi connectivity index (χ3n) is 3.42. The van der Waals surface area contributed by atoms with Gasteiger partial charge in [0.25, 0.3) is 5.91 Å². The van der Waals surface area contributed by atoms with Gasteiger partial charge in [-0.05, 0) is 19.9 Å². The average Bonchev–Trinajstić information content (AvgIpc) is 2.41. The second-order valence-electron chi connectivity index (χ2n) is 4.94. The van der Waals surface area contributed by atoms with Crippen molar-refractivity contribution < 1.29 is 9.59 Å². The largest absolute Gasteiger partial charge is 0.387 e. The summed E-state index contributed by atoms with van der Waals surface area (Å²) in [5.41, 5.74) is 0.338. The third-order valence-corrected chi connectivity index (χ3v) is 3.42. The Morgan fingerprint density at radius 1 is 1.53 bits per heavy atom. The number of amides is 2. The van der Waals surface area contributed by atoms with E-state index in [1.165, 1.54) is 6.20 Å². The SMILES string of the molecule is CNc1ccncc1C(=O)N1CCNC(=O)C1(C)C. The monoisotopic (exact) mass is 262 g/mol. The molecule has 6 heteroatoms. The summed E-state index contributed by atoms with van der Waals surface area (Å²) in [5, 5.41) is 5.74. The average molecular weight is 262 g/mol. The highest BCUT2D eigenvalue weighted by Crippen LogP contribution is 2.23. The van der Waals surface area contributed by atoms with Crippen LogP contribution in [0.25, 0.3) is 0 Å². The topological polar surface area (TPSA) is 74.3 Å². The fourth-order valence-electron chi connectivity index (χ4n) is 2.18. The number of piperazine rings is 1. The second kappa shape index (κ2) is 4.87. The van der Waals surface area contributed by atoms with Crippen LogP contribution in [0.2, 0.25) is 0 Å². The summed E-state index contributed by atoms with van der Waals surface area (Å²) in [6, 6.07) is 1.74. The van der Waals surface area contributed by atoms with Gasteiger partial charge in [0.05, 0.1) is 5.56 Å². The molecule has 0 bridgehead atoms. The molecule has 0 saturated carbocycles. The molecule has 2 amide bonds. The molecule has 6 nitrogen and oxygen atoms in total. The van der Waals surface area contributed by atoms with Crippen molar-refractivity contribution in [3.63, 3.8) is 0 Å². The molecule has 0 unspecified atom stereocenters. The first-order chi connectivity index (χ1) is 8.98. The third kappa shape index (κ3) is 2.25. The van der Waals surface area contributed by atoms with Crippen LogP contribution in [0, 0.1) is 0 Å².